The fraction of sp³-hybridized carbons (Fsp3) is 0.176. The Balaban J connectivity index is 1.68. The third-order valence-corrected chi connectivity index (χ3v) is 4.46. The molecule has 1 heterocycles. The summed E-state index contributed by atoms with van der Waals surface area (Å²) in [4.78, 5) is 12.1. The largest absolute Gasteiger partial charge is 0.494 e. The van der Waals surface area contributed by atoms with Gasteiger partial charge in [-0.05, 0) is 47.2 Å². The maximum atomic E-state index is 13.6. The van der Waals surface area contributed by atoms with Gasteiger partial charge < -0.3 is 10.1 Å². The van der Waals surface area contributed by atoms with Gasteiger partial charge in [-0.1, -0.05) is 30.0 Å². The first-order chi connectivity index (χ1) is 12.6. The predicted molar refractivity (Wildman–Crippen MR) is 96.2 cm³/mol. The zero-order chi connectivity index (χ0) is 18.5. The number of carbonyl (C=O) groups excluding carboxylic acids is 1. The van der Waals surface area contributed by atoms with E-state index in [0.717, 1.165) is 0 Å². The molecule has 1 amide bonds. The lowest BCUT2D eigenvalue weighted by molar-refractivity contribution is -0.113. The molecule has 3 rings (SSSR count). The highest BCUT2D eigenvalue weighted by atomic mass is 32.2. The van der Waals surface area contributed by atoms with Crippen molar-refractivity contribution >= 4 is 23.4 Å². The molecular formula is C17H16FN5O2S. The molecule has 0 aliphatic rings. The number of methoxy groups -OCH3 is 1. The summed E-state index contributed by atoms with van der Waals surface area (Å²) in [5, 5.41) is 14.7. The van der Waals surface area contributed by atoms with E-state index < -0.39 is 0 Å². The minimum Gasteiger partial charge on any atom is -0.494 e. The van der Waals surface area contributed by atoms with Crippen molar-refractivity contribution in [3.05, 3.63) is 53.8 Å². The first-order valence-corrected chi connectivity index (χ1v) is 8.67. The van der Waals surface area contributed by atoms with E-state index in [2.05, 4.69) is 20.8 Å². The summed E-state index contributed by atoms with van der Waals surface area (Å²) >= 11 is 1.17. The van der Waals surface area contributed by atoms with Gasteiger partial charge in [-0.3, -0.25) is 4.79 Å². The van der Waals surface area contributed by atoms with Crippen LogP contribution in [0.5, 0.6) is 5.75 Å². The third kappa shape index (κ3) is 3.99. The second kappa shape index (κ2) is 7.96. The summed E-state index contributed by atoms with van der Waals surface area (Å²) in [6.45, 7) is 1.66. The Morgan fingerprint density at radius 3 is 2.88 bits per heavy atom. The molecule has 0 aliphatic heterocycles. The molecule has 2 aromatic carbocycles. The quantitative estimate of drug-likeness (QED) is 0.669. The van der Waals surface area contributed by atoms with Crippen LogP contribution in [0.3, 0.4) is 0 Å². The molecule has 0 saturated carbocycles. The molecule has 0 saturated heterocycles. The van der Waals surface area contributed by atoms with Crippen LogP contribution < -0.4 is 10.1 Å². The van der Waals surface area contributed by atoms with Crippen LogP contribution in [-0.2, 0) is 4.79 Å². The molecule has 0 spiro atoms. The Morgan fingerprint density at radius 1 is 1.31 bits per heavy atom. The van der Waals surface area contributed by atoms with E-state index >= 15 is 0 Å². The van der Waals surface area contributed by atoms with E-state index in [0.29, 0.717) is 27.8 Å². The van der Waals surface area contributed by atoms with Crippen molar-refractivity contribution < 1.29 is 13.9 Å². The van der Waals surface area contributed by atoms with Crippen molar-refractivity contribution in [1.29, 1.82) is 0 Å². The molecule has 0 atom stereocenters. The average Bonchev–Trinajstić information content (AvgIpc) is 3.11. The summed E-state index contributed by atoms with van der Waals surface area (Å²) < 4.78 is 20.4. The summed E-state index contributed by atoms with van der Waals surface area (Å²) in [7, 11) is 1.56. The van der Waals surface area contributed by atoms with Crippen molar-refractivity contribution in [3.8, 4) is 11.4 Å². The molecule has 3 aromatic rings. The summed E-state index contributed by atoms with van der Waals surface area (Å²) in [6.07, 6.45) is 0. The van der Waals surface area contributed by atoms with Gasteiger partial charge in [-0.25, -0.2) is 4.39 Å². The van der Waals surface area contributed by atoms with Crippen molar-refractivity contribution in [2.75, 3.05) is 18.2 Å². The van der Waals surface area contributed by atoms with Crippen LogP contribution in [0.1, 0.15) is 5.56 Å². The number of tetrazole rings is 1. The smallest absolute Gasteiger partial charge is 0.234 e. The minimum absolute atomic E-state index is 0.0744. The van der Waals surface area contributed by atoms with Crippen LogP contribution in [0, 0.1) is 12.7 Å². The summed E-state index contributed by atoms with van der Waals surface area (Å²) in [5.74, 6) is 0.0370. The van der Waals surface area contributed by atoms with Gasteiger partial charge in [0.2, 0.25) is 11.1 Å². The Morgan fingerprint density at radius 2 is 2.12 bits per heavy atom. The molecule has 134 valence electrons. The topological polar surface area (TPSA) is 81.9 Å². The summed E-state index contributed by atoms with van der Waals surface area (Å²) in [6, 6.07) is 11.8. The molecule has 7 nitrogen and oxygen atoms in total. The van der Waals surface area contributed by atoms with E-state index in [9.17, 15) is 9.18 Å². The first-order valence-electron chi connectivity index (χ1n) is 7.69. The molecule has 0 fully saturated rings. The van der Waals surface area contributed by atoms with E-state index in [1.165, 1.54) is 22.5 Å². The molecular weight excluding hydrogens is 357 g/mol. The van der Waals surface area contributed by atoms with E-state index in [1.54, 1.807) is 32.2 Å². The molecule has 26 heavy (non-hydrogen) atoms. The van der Waals surface area contributed by atoms with Crippen LogP contribution >= 0.6 is 11.8 Å². The number of aryl methyl sites for hydroxylation is 1. The van der Waals surface area contributed by atoms with Gasteiger partial charge in [0.15, 0.2) is 0 Å². The van der Waals surface area contributed by atoms with Gasteiger partial charge in [-0.2, -0.15) is 4.68 Å². The second-order valence-electron chi connectivity index (χ2n) is 5.35. The van der Waals surface area contributed by atoms with Gasteiger partial charge in [0, 0.05) is 5.69 Å². The second-order valence-corrected chi connectivity index (χ2v) is 6.29. The van der Waals surface area contributed by atoms with Gasteiger partial charge in [0.25, 0.3) is 0 Å². The Labute approximate surface area is 153 Å². The average molecular weight is 373 g/mol. The monoisotopic (exact) mass is 373 g/mol. The minimum atomic E-state index is -0.365. The number of aromatic nitrogens is 4. The number of hydrogen-bond donors (Lipinski definition) is 1. The molecule has 1 N–H and O–H groups in total. The molecule has 0 aliphatic carbocycles. The number of amides is 1. The lowest BCUT2D eigenvalue weighted by Gasteiger charge is -2.09. The highest BCUT2D eigenvalue weighted by molar-refractivity contribution is 7.99. The van der Waals surface area contributed by atoms with Crippen LogP contribution in [0.2, 0.25) is 0 Å². The first kappa shape index (κ1) is 17.9. The van der Waals surface area contributed by atoms with Crippen molar-refractivity contribution in [2.24, 2.45) is 0 Å². The lowest BCUT2D eigenvalue weighted by Crippen LogP contribution is -2.15. The zero-order valence-corrected chi connectivity index (χ0v) is 15.0. The highest BCUT2D eigenvalue weighted by Crippen LogP contribution is 2.25. The number of anilines is 1. The Hall–Kier alpha value is -2.94. The number of thioether (sulfide) groups is 1. The number of ether oxygens (including phenoxy) is 1. The number of nitrogens with one attached hydrogen (secondary N) is 1. The van der Waals surface area contributed by atoms with Crippen LogP contribution in [0.25, 0.3) is 5.69 Å². The van der Waals surface area contributed by atoms with E-state index in [1.807, 2.05) is 18.2 Å². The van der Waals surface area contributed by atoms with Gasteiger partial charge >= 0.3 is 0 Å². The third-order valence-electron chi connectivity index (χ3n) is 3.54. The fourth-order valence-corrected chi connectivity index (χ4v) is 2.91. The Bertz CT molecular complexity index is 931. The van der Waals surface area contributed by atoms with Gasteiger partial charge in [0.1, 0.15) is 17.3 Å². The normalized spacial score (nSPS) is 10.6. The lowest BCUT2D eigenvalue weighted by atomic mass is 10.2. The highest BCUT2D eigenvalue weighted by Gasteiger charge is 2.14. The van der Waals surface area contributed by atoms with Crippen molar-refractivity contribution in [1.82, 2.24) is 20.2 Å². The maximum Gasteiger partial charge on any atom is 0.234 e. The number of carbonyl (C=O) groups is 1. The molecule has 9 heteroatoms. The van der Waals surface area contributed by atoms with Crippen molar-refractivity contribution in [3.63, 3.8) is 0 Å². The number of halogens is 1. The number of rotatable bonds is 6. The predicted octanol–water partition coefficient (Wildman–Crippen LogP) is 2.85. The number of nitrogens with zero attached hydrogens (tertiary/aromatic N) is 4. The van der Waals surface area contributed by atoms with Crippen LogP contribution in [0.4, 0.5) is 10.1 Å². The van der Waals surface area contributed by atoms with Crippen LogP contribution in [-0.4, -0.2) is 39.0 Å². The van der Waals surface area contributed by atoms with E-state index in [4.69, 9.17) is 4.74 Å². The standard InChI is InChI=1S/C17H16FN5O2S/c1-11-7-8-12(9-13(11)18)19-16(24)10-26-17-20-21-22-23(17)14-5-3-4-6-15(14)25-2/h3-9H,10H2,1-2H3,(H,19,24). The number of benzene rings is 2. The Kier molecular flexibility index (Phi) is 5.47. The molecule has 1 aromatic heterocycles. The maximum absolute atomic E-state index is 13.6. The fourth-order valence-electron chi connectivity index (χ4n) is 2.22. The van der Waals surface area contributed by atoms with Gasteiger partial charge in [0.05, 0.1) is 12.9 Å². The molecule has 0 bridgehead atoms. The zero-order valence-electron chi connectivity index (χ0n) is 14.1. The number of para-hydroxylation sites is 2. The molecule has 0 unspecified atom stereocenters. The summed E-state index contributed by atoms with van der Waals surface area (Å²) in [5.41, 5.74) is 1.60. The van der Waals surface area contributed by atoms with Crippen LogP contribution in [0.15, 0.2) is 47.6 Å². The SMILES string of the molecule is COc1ccccc1-n1nnnc1SCC(=O)Nc1ccc(C)c(F)c1. The van der Waals surface area contributed by atoms with E-state index in [-0.39, 0.29) is 17.5 Å². The van der Waals surface area contributed by atoms with Gasteiger partial charge in [-0.15, -0.1) is 5.10 Å². The number of hydrogen-bond acceptors (Lipinski definition) is 6. The van der Waals surface area contributed by atoms with Crippen molar-refractivity contribution in [2.45, 2.75) is 12.1 Å². The molecule has 0 radical (unpaired) electrons.